The number of thiazole rings is 1. The minimum absolute atomic E-state index is 0.119. The molecule has 0 saturated heterocycles. The molecule has 32 heavy (non-hydrogen) atoms. The summed E-state index contributed by atoms with van der Waals surface area (Å²) >= 11 is 1.44. The number of ether oxygens (including phenoxy) is 1. The van der Waals surface area contributed by atoms with Crippen LogP contribution >= 0.6 is 11.3 Å². The summed E-state index contributed by atoms with van der Waals surface area (Å²) in [7, 11) is -1.83. The highest BCUT2D eigenvalue weighted by molar-refractivity contribution is 7.90. The topological polar surface area (TPSA) is 79.8 Å². The van der Waals surface area contributed by atoms with Crippen LogP contribution in [0.2, 0.25) is 0 Å². The van der Waals surface area contributed by atoms with Gasteiger partial charge in [-0.05, 0) is 49.8 Å². The molecule has 0 N–H and O–H groups in total. The van der Waals surface area contributed by atoms with E-state index in [-0.39, 0.29) is 10.8 Å². The summed E-state index contributed by atoms with van der Waals surface area (Å²) in [4.78, 5) is 22.3. The number of likely N-dealkylation sites (N-methyl/N-ethyl adjacent to an activating group) is 1. The van der Waals surface area contributed by atoms with Gasteiger partial charge in [-0.2, -0.15) is 0 Å². The second kappa shape index (κ2) is 9.97. The van der Waals surface area contributed by atoms with Gasteiger partial charge in [0.05, 0.1) is 16.7 Å². The first-order valence-electron chi connectivity index (χ1n) is 10.5. The fourth-order valence-corrected chi connectivity index (χ4v) is 5.20. The molecular weight excluding hydrogens is 446 g/mol. The summed E-state index contributed by atoms with van der Waals surface area (Å²) in [5, 5.41) is 0.564. The van der Waals surface area contributed by atoms with Crippen molar-refractivity contribution in [3.8, 4) is 5.75 Å². The Morgan fingerprint density at radius 3 is 2.47 bits per heavy atom. The minimum atomic E-state index is -3.43. The number of amides is 1. The zero-order valence-electron chi connectivity index (χ0n) is 19.1. The molecule has 1 amide bonds. The molecular formula is C23H29N3O4S2. The van der Waals surface area contributed by atoms with Crippen molar-refractivity contribution in [1.82, 2.24) is 9.88 Å². The van der Waals surface area contributed by atoms with Crippen molar-refractivity contribution in [1.29, 1.82) is 0 Å². The number of benzene rings is 2. The van der Waals surface area contributed by atoms with E-state index in [9.17, 15) is 13.2 Å². The Morgan fingerprint density at radius 2 is 1.84 bits per heavy atom. The molecule has 0 unspecified atom stereocenters. The number of methoxy groups -OCH3 is 1. The van der Waals surface area contributed by atoms with Gasteiger partial charge in [-0.15, -0.1) is 0 Å². The second-order valence-electron chi connectivity index (χ2n) is 7.54. The molecule has 3 aromatic rings. The van der Waals surface area contributed by atoms with E-state index in [1.165, 1.54) is 23.5 Å². The van der Waals surface area contributed by atoms with Crippen LogP contribution in [0.5, 0.6) is 5.75 Å². The maximum atomic E-state index is 13.6. The molecule has 3 rings (SSSR count). The van der Waals surface area contributed by atoms with Crippen LogP contribution in [0.15, 0.2) is 41.3 Å². The summed E-state index contributed by atoms with van der Waals surface area (Å²) in [5.74, 6) is 0.377. The van der Waals surface area contributed by atoms with Crippen molar-refractivity contribution in [2.24, 2.45) is 0 Å². The van der Waals surface area contributed by atoms with Gasteiger partial charge in [0.15, 0.2) is 15.0 Å². The average Bonchev–Trinajstić information content (AvgIpc) is 3.22. The molecule has 1 aromatic heterocycles. The first-order chi connectivity index (χ1) is 15.2. The van der Waals surface area contributed by atoms with Gasteiger partial charge in [-0.1, -0.05) is 37.3 Å². The number of aryl methyl sites for hydroxylation is 1. The Hall–Kier alpha value is -2.49. The van der Waals surface area contributed by atoms with Crippen molar-refractivity contribution >= 4 is 42.4 Å². The monoisotopic (exact) mass is 475 g/mol. The van der Waals surface area contributed by atoms with Crippen molar-refractivity contribution in [2.75, 3.05) is 44.4 Å². The van der Waals surface area contributed by atoms with Gasteiger partial charge in [-0.3, -0.25) is 9.69 Å². The Labute approximate surface area is 193 Å². The molecule has 0 saturated carbocycles. The predicted octanol–water partition coefficient (Wildman–Crippen LogP) is 4.01. The second-order valence-corrected chi connectivity index (χ2v) is 10.5. The van der Waals surface area contributed by atoms with E-state index in [2.05, 4.69) is 18.7 Å². The van der Waals surface area contributed by atoms with Crippen LogP contribution in [0.1, 0.15) is 29.8 Å². The number of aromatic nitrogens is 1. The third kappa shape index (κ3) is 5.11. The number of rotatable bonds is 9. The molecule has 0 aliphatic heterocycles. The van der Waals surface area contributed by atoms with Gasteiger partial charge < -0.3 is 9.64 Å². The Kier molecular flexibility index (Phi) is 7.53. The number of hydrogen-bond donors (Lipinski definition) is 0. The van der Waals surface area contributed by atoms with Crippen LogP contribution in [-0.2, 0) is 9.84 Å². The quantitative estimate of drug-likeness (QED) is 0.465. The highest BCUT2D eigenvalue weighted by Crippen LogP contribution is 2.36. The number of nitrogens with zero attached hydrogens (tertiary/aromatic N) is 3. The maximum Gasteiger partial charge on any atom is 0.260 e. The Bertz CT molecular complexity index is 1220. The lowest BCUT2D eigenvalue weighted by molar-refractivity contribution is 0.0983. The van der Waals surface area contributed by atoms with Gasteiger partial charge in [0.2, 0.25) is 0 Å². The van der Waals surface area contributed by atoms with Gasteiger partial charge in [0.1, 0.15) is 11.3 Å². The average molecular weight is 476 g/mol. The zero-order valence-corrected chi connectivity index (χ0v) is 20.7. The number of carbonyl (C=O) groups excluding carboxylic acids is 1. The van der Waals surface area contributed by atoms with E-state index in [4.69, 9.17) is 9.72 Å². The number of anilines is 1. The Balaban J connectivity index is 2.07. The molecule has 2 aromatic carbocycles. The van der Waals surface area contributed by atoms with Crippen LogP contribution in [0.4, 0.5) is 5.13 Å². The molecule has 0 radical (unpaired) electrons. The first kappa shape index (κ1) is 24.2. The maximum absolute atomic E-state index is 13.6. The third-order valence-corrected chi connectivity index (χ3v) is 7.76. The van der Waals surface area contributed by atoms with Gasteiger partial charge in [0, 0.05) is 24.9 Å². The summed E-state index contributed by atoms with van der Waals surface area (Å²) < 4.78 is 30.5. The smallest absolute Gasteiger partial charge is 0.260 e. The van der Waals surface area contributed by atoms with Crippen LogP contribution in [-0.4, -0.2) is 63.8 Å². The van der Waals surface area contributed by atoms with Gasteiger partial charge in [0.25, 0.3) is 5.91 Å². The van der Waals surface area contributed by atoms with E-state index in [0.29, 0.717) is 29.5 Å². The van der Waals surface area contributed by atoms with E-state index in [1.54, 1.807) is 24.1 Å². The molecule has 0 fully saturated rings. The molecule has 9 heteroatoms. The Morgan fingerprint density at radius 1 is 1.12 bits per heavy atom. The van der Waals surface area contributed by atoms with Crippen LogP contribution in [0.3, 0.4) is 0 Å². The number of fused-ring (bicyclic) bond motifs is 1. The molecule has 172 valence electrons. The minimum Gasteiger partial charge on any atom is -0.494 e. The standard InChI is InChI=1S/C23H29N3O4S2/c1-6-25(7-2)13-14-26(22(27)17-9-8-10-18(15-17)32(5,28)29)23-24-20-19(30-4)12-11-16(3)21(20)31-23/h8-12,15H,6-7,13-14H2,1-5H3. The molecule has 0 spiro atoms. The largest absolute Gasteiger partial charge is 0.494 e. The molecule has 0 bridgehead atoms. The van der Waals surface area contributed by atoms with E-state index in [0.717, 1.165) is 35.1 Å². The summed E-state index contributed by atoms with van der Waals surface area (Å²) in [6, 6.07) is 10.0. The van der Waals surface area contributed by atoms with E-state index in [1.807, 2.05) is 19.1 Å². The fraction of sp³-hybridized carbons (Fsp3) is 0.391. The lowest BCUT2D eigenvalue weighted by atomic mass is 10.2. The molecule has 7 nitrogen and oxygen atoms in total. The highest BCUT2D eigenvalue weighted by atomic mass is 32.2. The van der Waals surface area contributed by atoms with Gasteiger partial charge >= 0.3 is 0 Å². The predicted molar refractivity (Wildman–Crippen MR) is 130 cm³/mol. The first-order valence-corrected chi connectivity index (χ1v) is 13.2. The van der Waals surface area contributed by atoms with E-state index < -0.39 is 9.84 Å². The highest BCUT2D eigenvalue weighted by Gasteiger charge is 2.24. The number of sulfone groups is 1. The van der Waals surface area contributed by atoms with Crippen LogP contribution < -0.4 is 9.64 Å². The van der Waals surface area contributed by atoms with Gasteiger partial charge in [-0.25, -0.2) is 13.4 Å². The zero-order chi connectivity index (χ0) is 23.5. The summed E-state index contributed by atoms with van der Waals surface area (Å²) in [6.07, 6.45) is 1.14. The number of carbonyl (C=O) groups is 1. The molecule has 0 aliphatic rings. The van der Waals surface area contributed by atoms with Crippen molar-refractivity contribution in [3.05, 3.63) is 47.5 Å². The third-order valence-electron chi connectivity index (χ3n) is 5.43. The normalized spacial score (nSPS) is 11.8. The fourth-order valence-electron chi connectivity index (χ4n) is 3.46. The summed E-state index contributed by atoms with van der Waals surface area (Å²) in [6.45, 7) is 9.01. The van der Waals surface area contributed by atoms with Crippen molar-refractivity contribution < 1.29 is 17.9 Å². The lowest BCUT2D eigenvalue weighted by Crippen LogP contribution is -2.38. The van der Waals surface area contributed by atoms with Crippen LogP contribution in [0.25, 0.3) is 10.2 Å². The lowest BCUT2D eigenvalue weighted by Gasteiger charge is -2.25. The molecule has 0 atom stereocenters. The molecule has 0 aliphatic carbocycles. The summed E-state index contributed by atoms with van der Waals surface area (Å²) in [5.41, 5.74) is 2.09. The van der Waals surface area contributed by atoms with E-state index >= 15 is 0 Å². The van der Waals surface area contributed by atoms with Crippen molar-refractivity contribution in [3.63, 3.8) is 0 Å². The van der Waals surface area contributed by atoms with Crippen LogP contribution in [0, 0.1) is 6.92 Å². The molecule has 1 heterocycles. The number of hydrogen-bond acceptors (Lipinski definition) is 7. The van der Waals surface area contributed by atoms with Crippen molar-refractivity contribution in [2.45, 2.75) is 25.7 Å². The SMILES string of the molecule is CCN(CC)CCN(C(=O)c1cccc(S(C)(=O)=O)c1)c1nc2c(OC)ccc(C)c2s1.